The number of morpholine rings is 1. The van der Waals surface area contributed by atoms with Gasteiger partial charge >= 0.3 is 0 Å². The van der Waals surface area contributed by atoms with Crippen molar-refractivity contribution in [1.29, 1.82) is 0 Å². The van der Waals surface area contributed by atoms with Crippen LogP contribution in [0.1, 0.15) is 33.1 Å². The molecule has 4 heteroatoms. The third-order valence-electron chi connectivity index (χ3n) is 3.94. The highest BCUT2D eigenvalue weighted by molar-refractivity contribution is 5.85. The molecule has 3 unspecified atom stereocenters. The summed E-state index contributed by atoms with van der Waals surface area (Å²) in [6.45, 7) is 10.2. The van der Waals surface area contributed by atoms with Crippen molar-refractivity contribution in [3.8, 4) is 0 Å². The number of hydrogen-bond donors (Lipinski definition) is 1. The van der Waals surface area contributed by atoms with Crippen LogP contribution in [0.25, 0.3) is 0 Å². The first kappa shape index (κ1) is 15.2. The van der Waals surface area contributed by atoms with Crippen molar-refractivity contribution in [1.82, 2.24) is 10.2 Å². The van der Waals surface area contributed by atoms with Crippen molar-refractivity contribution >= 4 is 12.4 Å². The van der Waals surface area contributed by atoms with E-state index in [0.29, 0.717) is 12.1 Å². The molecule has 0 spiro atoms. The van der Waals surface area contributed by atoms with Gasteiger partial charge in [-0.25, -0.2) is 0 Å². The highest BCUT2D eigenvalue weighted by atomic mass is 35.5. The summed E-state index contributed by atoms with van der Waals surface area (Å²) in [7, 11) is 0. The molecule has 3 atom stereocenters. The second kappa shape index (κ2) is 7.57. The van der Waals surface area contributed by atoms with Crippen LogP contribution in [0.4, 0.5) is 0 Å². The van der Waals surface area contributed by atoms with Gasteiger partial charge in [-0.15, -0.1) is 12.4 Å². The van der Waals surface area contributed by atoms with E-state index in [2.05, 4.69) is 24.1 Å². The van der Waals surface area contributed by atoms with Crippen molar-refractivity contribution in [2.24, 2.45) is 5.92 Å². The van der Waals surface area contributed by atoms with Gasteiger partial charge in [0.1, 0.15) is 0 Å². The van der Waals surface area contributed by atoms with Crippen LogP contribution in [0.2, 0.25) is 0 Å². The Balaban J connectivity index is 0.00000144. The minimum absolute atomic E-state index is 0. The summed E-state index contributed by atoms with van der Waals surface area (Å²) in [4.78, 5) is 2.66. The molecule has 2 aliphatic heterocycles. The lowest BCUT2D eigenvalue weighted by atomic mass is 9.97. The maximum atomic E-state index is 5.74. The zero-order valence-electron chi connectivity index (χ0n) is 11.2. The van der Waals surface area contributed by atoms with Crippen LogP contribution in [0, 0.1) is 5.92 Å². The first-order chi connectivity index (χ1) is 7.79. The van der Waals surface area contributed by atoms with E-state index in [4.69, 9.17) is 4.74 Å². The van der Waals surface area contributed by atoms with Crippen molar-refractivity contribution in [2.75, 3.05) is 32.8 Å². The van der Waals surface area contributed by atoms with E-state index < -0.39 is 0 Å². The fraction of sp³-hybridized carbons (Fsp3) is 1.00. The third-order valence-corrected chi connectivity index (χ3v) is 3.94. The van der Waals surface area contributed by atoms with Gasteiger partial charge in [0.2, 0.25) is 0 Å². The Morgan fingerprint density at radius 3 is 2.88 bits per heavy atom. The summed E-state index contributed by atoms with van der Waals surface area (Å²) >= 11 is 0. The molecule has 0 amide bonds. The van der Waals surface area contributed by atoms with E-state index in [-0.39, 0.29) is 12.4 Å². The largest absolute Gasteiger partial charge is 0.376 e. The lowest BCUT2D eigenvalue weighted by Crippen LogP contribution is -2.51. The van der Waals surface area contributed by atoms with Crippen molar-refractivity contribution in [3.05, 3.63) is 0 Å². The van der Waals surface area contributed by atoms with Crippen LogP contribution in [0.15, 0.2) is 0 Å². The minimum atomic E-state index is 0. The van der Waals surface area contributed by atoms with Crippen molar-refractivity contribution < 1.29 is 4.74 Å². The molecule has 0 aromatic carbocycles. The van der Waals surface area contributed by atoms with E-state index in [9.17, 15) is 0 Å². The molecule has 0 saturated carbocycles. The molecule has 2 fully saturated rings. The molecule has 2 heterocycles. The lowest BCUT2D eigenvalue weighted by molar-refractivity contribution is -0.0614. The summed E-state index contributed by atoms with van der Waals surface area (Å²) in [5.74, 6) is 0.855. The number of ether oxygens (including phenoxy) is 1. The zero-order valence-corrected chi connectivity index (χ0v) is 12.0. The minimum Gasteiger partial charge on any atom is -0.376 e. The average Bonchev–Trinajstić information content (AvgIpc) is 2.31. The Kier molecular flexibility index (Phi) is 6.78. The molecule has 0 aromatic rings. The van der Waals surface area contributed by atoms with Crippen LogP contribution in [-0.4, -0.2) is 49.8 Å². The summed E-state index contributed by atoms with van der Waals surface area (Å²) in [5.41, 5.74) is 0. The third kappa shape index (κ3) is 4.40. The Morgan fingerprint density at radius 1 is 1.41 bits per heavy atom. The van der Waals surface area contributed by atoms with Gasteiger partial charge in [0.05, 0.1) is 12.7 Å². The van der Waals surface area contributed by atoms with Gasteiger partial charge in [0.15, 0.2) is 0 Å². The van der Waals surface area contributed by atoms with Crippen LogP contribution in [-0.2, 0) is 4.74 Å². The molecule has 0 aromatic heterocycles. The van der Waals surface area contributed by atoms with E-state index in [1.807, 2.05) is 0 Å². The number of nitrogens with one attached hydrogen (secondary N) is 1. The van der Waals surface area contributed by atoms with Gasteiger partial charge < -0.3 is 10.1 Å². The molecule has 0 bridgehead atoms. The Hall–Kier alpha value is 0.170. The Bertz CT molecular complexity index is 210. The molecule has 2 rings (SSSR count). The highest BCUT2D eigenvalue weighted by Gasteiger charge is 2.27. The molecule has 1 N–H and O–H groups in total. The molecule has 17 heavy (non-hydrogen) atoms. The van der Waals surface area contributed by atoms with Gasteiger partial charge in [-0.3, -0.25) is 4.90 Å². The highest BCUT2D eigenvalue weighted by Crippen LogP contribution is 2.19. The summed E-state index contributed by atoms with van der Waals surface area (Å²) < 4.78 is 5.74. The number of piperidine rings is 1. The van der Waals surface area contributed by atoms with Crippen LogP contribution in [0.3, 0.4) is 0 Å². The lowest BCUT2D eigenvalue weighted by Gasteiger charge is -2.40. The normalized spacial score (nSPS) is 35.3. The molecular weight excluding hydrogens is 236 g/mol. The number of rotatable bonds is 3. The smallest absolute Gasteiger partial charge is 0.0674 e. The standard InChI is InChI=1S/C13H26N2O.ClH/c1-3-13-10-16-11(2)8-15(13)9-12-5-4-6-14-7-12;/h11-14H,3-10H2,1-2H3;1H. The molecule has 3 nitrogen and oxygen atoms in total. The van der Waals surface area contributed by atoms with Crippen LogP contribution >= 0.6 is 12.4 Å². The first-order valence-corrected chi connectivity index (χ1v) is 6.86. The predicted molar refractivity (Wildman–Crippen MR) is 73.9 cm³/mol. The fourth-order valence-corrected chi connectivity index (χ4v) is 2.92. The Labute approximate surface area is 112 Å². The van der Waals surface area contributed by atoms with Crippen LogP contribution in [0.5, 0.6) is 0 Å². The summed E-state index contributed by atoms with van der Waals surface area (Å²) in [6, 6.07) is 0.651. The summed E-state index contributed by atoms with van der Waals surface area (Å²) in [5, 5.41) is 3.51. The van der Waals surface area contributed by atoms with Crippen LogP contribution < -0.4 is 5.32 Å². The molecule has 0 aliphatic carbocycles. The number of nitrogens with zero attached hydrogens (tertiary/aromatic N) is 1. The summed E-state index contributed by atoms with van der Waals surface area (Å²) in [6.07, 6.45) is 4.38. The van der Waals surface area contributed by atoms with Crippen molar-refractivity contribution in [2.45, 2.75) is 45.3 Å². The second-order valence-corrected chi connectivity index (χ2v) is 5.37. The topological polar surface area (TPSA) is 24.5 Å². The van der Waals surface area contributed by atoms with Gasteiger partial charge in [0, 0.05) is 19.1 Å². The average molecular weight is 263 g/mol. The number of halogens is 1. The van der Waals surface area contributed by atoms with Gasteiger partial charge in [-0.2, -0.15) is 0 Å². The monoisotopic (exact) mass is 262 g/mol. The molecule has 0 radical (unpaired) electrons. The first-order valence-electron chi connectivity index (χ1n) is 6.86. The van der Waals surface area contributed by atoms with Crippen molar-refractivity contribution in [3.63, 3.8) is 0 Å². The van der Waals surface area contributed by atoms with E-state index in [0.717, 1.165) is 19.1 Å². The van der Waals surface area contributed by atoms with E-state index in [1.165, 1.54) is 38.9 Å². The Morgan fingerprint density at radius 2 is 2.24 bits per heavy atom. The van der Waals surface area contributed by atoms with E-state index in [1.54, 1.807) is 0 Å². The fourth-order valence-electron chi connectivity index (χ4n) is 2.92. The van der Waals surface area contributed by atoms with Gasteiger partial charge in [-0.05, 0) is 45.2 Å². The molecule has 2 saturated heterocycles. The van der Waals surface area contributed by atoms with Gasteiger partial charge in [-0.1, -0.05) is 6.92 Å². The SMILES string of the molecule is CCC1COC(C)CN1CC1CCCNC1.Cl. The van der Waals surface area contributed by atoms with Gasteiger partial charge in [0.25, 0.3) is 0 Å². The molecule has 2 aliphatic rings. The zero-order chi connectivity index (χ0) is 11.4. The molecular formula is C13H27ClN2O. The second-order valence-electron chi connectivity index (χ2n) is 5.37. The quantitative estimate of drug-likeness (QED) is 0.841. The number of hydrogen-bond acceptors (Lipinski definition) is 3. The predicted octanol–water partition coefficient (Wildman–Crippen LogP) is 1.91. The van der Waals surface area contributed by atoms with E-state index >= 15 is 0 Å². The maximum Gasteiger partial charge on any atom is 0.0674 e. The maximum absolute atomic E-state index is 5.74. The molecule has 102 valence electrons.